The summed E-state index contributed by atoms with van der Waals surface area (Å²) in [4.78, 5) is 18.8. The molecule has 9 heteroatoms. The number of hydrogen-bond donors (Lipinski definition) is 1. The van der Waals surface area contributed by atoms with E-state index in [1.807, 2.05) is 5.41 Å². The molecule has 1 aromatic rings. The predicted octanol–water partition coefficient (Wildman–Crippen LogP) is 1.53. The average Bonchev–Trinajstić information content (AvgIpc) is 3.13. The van der Waals surface area contributed by atoms with Crippen molar-refractivity contribution in [3.8, 4) is 0 Å². The summed E-state index contributed by atoms with van der Waals surface area (Å²) in [5.41, 5.74) is 1.51. The van der Waals surface area contributed by atoms with Gasteiger partial charge in [0.2, 0.25) is 15.9 Å². The van der Waals surface area contributed by atoms with E-state index in [-0.39, 0.29) is 17.2 Å². The van der Waals surface area contributed by atoms with Crippen LogP contribution in [0.25, 0.3) is 0 Å². The fraction of sp³-hybridized carbons (Fsp3) is 0.333. The molecule has 0 bridgehead atoms. The Labute approximate surface area is 145 Å². The lowest BCUT2D eigenvalue weighted by Crippen LogP contribution is -2.24. The van der Waals surface area contributed by atoms with E-state index in [1.54, 1.807) is 12.1 Å². The molecule has 3 rings (SSSR count). The van der Waals surface area contributed by atoms with Gasteiger partial charge in [0.05, 0.1) is 17.9 Å². The molecule has 7 nitrogen and oxygen atoms in total. The number of nitrogens with zero attached hydrogens (tertiary/aromatic N) is 3. The van der Waals surface area contributed by atoms with Crippen LogP contribution in [0, 0.1) is 0 Å². The van der Waals surface area contributed by atoms with E-state index >= 15 is 0 Å². The van der Waals surface area contributed by atoms with Crippen molar-refractivity contribution in [3.63, 3.8) is 0 Å². The lowest BCUT2D eigenvalue weighted by molar-refractivity contribution is -0.115. The molecule has 0 saturated heterocycles. The molecule has 2 aliphatic rings. The fourth-order valence-corrected chi connectivity index (χ4v) is 4.26. The predicted molar refractivity (Wildman–Crippen MR) is 95.2 cm³/mol. The second-order valence-electron chi connectivity index (χ2n) is 5.58. The second kappa shape index (κ2) is 6.58. The van der Waals surface area contributed by atoms with E-state index in [2.05, 4.69) is 15.2 Å². The van der Waals surface area contributed by atoms with Gasteiger partial charge < -0.3 is 10.2 Å². The Morgan fingerprint density at radius 3 is 2.71 bits per heavy atom. The van der Waals surface area contributed by atoms with Crippen LogP contribution in [0.1, 0.15) is 6.42 Å². The number of hydrogen-bond acceptors (Lipinski definition) is 6. The molecule has 0 saturated carbocycles. The third-order valence-electron chi connectivity index (χ3n) is 3.71. The van der Waals surface area contributed by atoms with E-state index in [0.29, 0.717) is 5.69 Å². The smallest absolute Gasteiger partial charge is 0.242 e. The van der Waals surface area contributed by atoms with E-state index in [9.17, 15) is 13.2 Å². The molecular formula is C15H18N4O3S2. The highest BCUT2D eigenvalue weighted by molar-refractivity contribution is 8.16. The molecule has 1 aromatic carbocycles. The molecule has 2 heterocycles. The number of rotatable bonds is 5. The van der Waals surface area contributed by atoms with Gasteiger partial charge in [-0.25, -0.2) is 12.7 Å². The van der Waals surface area contributed by atoms with Gasteiger partial charge in [0.25, 0.3) is 0 Å². The van der Waals surface area contributed by atoms with Crippen LogP contribution in [0.15, 0.2) is 45.3 Å². The largest absolute Gasteiger partial charge is 0.326 e. The Morgan fingerprint density at radius 2 is 2.04 bits per heavy atom. The van der Waals surface area contributed by atoms with Gasteiger partial charge in [-0.3, -0.25) is 9.79 Å². The highest BCUT2D eigenvalue weighted by atomic mass is 32.2. The maximum atomic E-state index is 12.2. The Bertz CT molecular complexity index is 814. The summed E-state index contributed by atoms with van der Waals surface area (Å²) in [6, 6.07) is 6.16. The minimum atomic E-state index is -3.46. The normalized spacial score (nSPS) is 16.9. The molecule has 1 amide bonds. The molecule has 0 unspecified atom stereocenters. The maximum absolute atomic E-state index is 12.2. The van der Waals surface area contributed by atoms with Gasteiger partial charge in [-0.05, 0) is 29.7 Å². The summed E-state index contributed by atoms with van der Waals surface area (Å²) >= 11 is 1.54. The zero-order chi connectivity index (χ0) is 17.3. The molecule has 0 aliphatic carbocycles. The van der Waals surface area contributed by atoms with Gasteiger partial charge in [0.1, 0.15) is 0 Å². The Hall–Kier alpha value is -1.84. The number of carbonyl (C=O) groups excluding carboxylic acids is 1. The first-order valence-corrected chi connectivity index (χ1v) is 9.70. The van der Waals surface area contributed by atoms with Gasteiger partial charge in [-0.2, -0.15) is 0 Å². The topological polar surface area (TPSA) is 82.1 Å². The highest BCUT2D eigenvalue weighted by Crippen LogP contribution is 2.31. The summed E-state index contributed by atoms with van der Waals surface area (Å²) in [5, 5.41) is 5.70. The number of anilines is 1. The van der Waals surface area contributed by atoms with Crippen LogP contribution in [0.4, 0.5) is 5.69 Å². The van der Waals surface area contributed by atoms with Crippen LogP contribution in [-0.4, -0.2) is 55.9 Å². The summed E-state index contributed by atoms with van der Waals surface area (Å²) in [5.74, 6) is -0.141. The van der Waals surface area contributed by atoms with E-state index in [4.69, 9.17) is 0 Å². The molecule has 24 heavy (non-hydrogen) atoms. The van der Waals surface area contributed by atoms with Crippen LogP contribution in [0.3, 0.4) is 0 Å². The zero-order valence-corrected chi connectivity index (χ0v) is 15.0. The Kier molecular flexibility index (Phi) is 4.66. The lowest BCUT2D eigenvalue weighted by Gasteiger charge is -2.16. The molecule has 2 aliphatic heterocycles. The van der Waals surface area contributed by atoms with Crippen molar-refractivity contribution in [2.24, 2.45) is 4.99 Å². The van der Waals surface area contributed by atoms with Gasteiger partial charge in [-0.1, -0.05) is 11.8 Å². The summed E-state index contributed by atoms with van der Waals surface area (Å²) in [6.45, 7) is 1.58. The quantitative estimate of drug-likeness (QED) is 0.854. The number of fused-ring (bicyclic) bond motifs is 1. The molecule has 128 valence electrons. The van der Waals surface area contributed by atoms with Crippen molar-refractivity contribution < 1.29 is 13.2 Å². The van der Waals surface area contributed by atoms with Crippen LogP contribution in [0.5, 0.6) is 0 Å². The van der Waals surface area contributed by atoms with Crippen LogP contribution >= 0.6 is 11.8 Å². The van der Waals surface area contributed by atoms with Crippen LogP contribution < -0.4 is 5.32 Å². The third-order valence-corrected chi connectivity index (χ3v) is 6.49. The van der Waals surface area contributed by atoms with Gasteiger partial charge in [-0.15, -0.1) is 0 Å². The van der Waals surface area contributed by atoms with Crippen LogP contribution in [0.2, 0.25) is 0 Å². The number of benzene rings is 1. The number of amidine groups is 1. The summed E-state index contributed by atoms with van der Waals surface area (Å²) in [6.07, 6.45) is 0.268. The van der Waals surface area contributed by atoms with E-state index in [0.717, 1.165) is 28.3 Å². The van der Waals surface area contributed by atoms with Crippen molar-refractivity contribution >= 4 is 38.5 Å². The van der Waals surface area contributed by atoms with Gasteiger partial charge in [0.15, 0.2) is 5.17 Å². The van der Waals surface area contributed by atoms with Crippen LogP contribution in [-0.2, 0) is 14.8 Å². The minimum Gasteiger partial charge on any atom is -0.326 e. The number of nitrogens with one attached hydrogen (secondary N) is 1. The van der Waals surface area contributed by atoms with Crippen molar-refractivity contribution in [1.29, 1.82) is 0 Å². The SMILES string of the molecule is CN(C)S(=O)(=O)c1ccc(NC(=O)CC2=CSC3=NCCN23)cc1. The van der Waals surface area contributed by atoms with Gasteiger partial charge >= 0.3 is 0 Å². The Morgan fingerprint density at radius 1 is 1.33 bits per heavy atom. The summed E-state index contributed by atoms with van der Waals surface area (Å²) < 4.78 is 25.2. The number of sulfonamides is 1. The molecule has 0 spiro atoms. The standard InChI is InChI=1S/C15H18N4O3S2/c1-18(2)24(21,22)13-5-3-11(4-6-13)17-14(20)9-12-10-23-15-16-7-8-19(12)15/h3-6,10H,7-9H2,1-2H3,(H,17,20). The number of thioether (sulfide) groups is 1. The zero-order valence-electron chi connectivity index (χ0n) is 13.4. The number of amides is 1. The lowest BCUT2D eigenvalue weighted by atomic mass is 10.2. The van der Waals surface area contributed by atoms with Crippen molar-refractivity contribution in [1.82, 2.24) is 9.21 Å². The molecule has 0 atom stereocenters. The number of aliphatic imine (C=N–C) groups is 1. The van der Waals surface area contributed by atoms with E-state index < -0.39 is 10.0 Å². The van der Waals surface area contributed by atoms with Crippen molar-refractivity contribution in [2.45, 2.75) is 11.3 Å². The Balaban J connectivity index is 1.62. The molecule has 1 N–H and O–H groups in total. The van der Waals surface area contributed by atoms with E-state index in [1.165, 1.54) is 38.0 Å². The van der Waals surface area contributed by atoms with Crippen molar-refractivity contribution in [3.05, 3.63) is 35.4 Å². The third kappa shape index (κ3) is 3.33. The average molecular weight is 366 g/mol. The highest BCUT2D eigenvalue weighted by Gasteiger charge is 2.27. The first kappa shape index (κ1) is 17.0. The fourth-order valence-electron chi connectivity index (χ4n) is 2.41. The first-order valence-electron chi connectivity index (χ1n) is 7.38. The molecular weight excluding hydrogens is 348 g/mol. The molecule has 0 fully saturated rings. The number of carbonyl (C=O) groups is 1. The monoisotopic (exact) mass is 366 g/mol. The van der Waals surface area contributed by atoms with Gasteiger partial charge in [0, 0.05) is 32.0 Å². The maximum Gasteiger partial charge on any atom is 0.242 e. The molecule has 0 aromatic heterocycles. The molecule has 0 radical (unpaired) electrons. The second-order valence-corrected chi connectivity index (χ2v) is 8.57. The first-order chi connectivity index (χ1) is 11.4. The summed E-state index contributed by atoms with van der Waals surface area (Å²) in [7, 11) is -0.501. The van der Waals surface area contributed by atoms with Crippen molar-refractivity contribution in [2.75, 3.05) is 32.5 Å². The minimum absolute atomic E-state index is 0.141.